The summed E-state index contributed by atoms with van der Waals surface area (Å²) in [6.07, 6.45) is 5.13. The Morgan fingerprint density at radius 1 is 1.26 bits per heavy atom. The Labute approximate surface area is 143 Å². The number of carbonyl (C=O) groups is 2. The first-order valence-corrected chi connectivity index (χ1v) is 8.01. The molecule has 0 spiro atoms. The standard InChI is InChI=1S/C16H15Cl2NO4/c17-11-6-12(18)8-13(7-11)19-14(20)16(4-1-5-23-16)15(21)22-9-10-2-3-10/h1,4,6-8,10H,2-3,5,9H2,(H,19,20). The SMILES string of the molecule is O=C(Nc1cc(Cl)cc(Cl)c1)C1(C(=O)OCC2CC2)C=CCO1. The van der Waals surface area contributed by atoms with Gasteiger partial charge in [0.15, 0.2) is 0 Å². The number of hydrogen-bond donors (Lipinski definition) is 1. The molecule has 1 saturated carbocycles. The summed E-state index contributed by atoms with van der Waals surface area (Å²) in [5, 5.41) is 3.36. The van der Waals surface area contributed by atoms with Crippen LogP contribution in [0.15, 0.2) is 30.4 Å². The van der Waals surface area contributed by atoms with Gasteiger partial charge < -0.3 is 14.8 Å². The summed E-state index contributed by atoms with van der Waals surface area (Å²) in [7, 11) is 0. The van der Waals surface area contributed by atoms with E-state index in [4.69, 9.17) is 32.7 Å². The third-order valence-electron chi connectivity index (χ3n) is 3.67. The first kappa shape index (κ1) is 16.3. The quantitative estimate of drug-likeness (QED) is 0.500. The number of amides is 1. The Bertz CT molecular complexity index is 652. The van der Waals surface area contributed by atoms with E-state index in [2.05, 4.69) is 5.32 Å². The zero-order chi connectivity index (χ0) is 16.4. The number of esters is 1. The molecule has 0 bridgehead atoms. The summed E-state index contributed by atoms with van der Waals surface area (Å²) in [4.78, 5) is 24.9. The molecule has 23 heavy (non-hydrogen) atoms. The van der Waals surface area contributed by atoms with Crippen molar-refractivity contribution in [2.45, 2.75) is 18.4 Å². The first-order chi connectivity index (χ1) is 11.0. The molecule has 1 aromatic rings. The van der Waals surface area contributed by atoms with Gasteiger partial charge in [-0.1, -0.05) is 29.3 Å². The molecule has 1 aliphatic carbocycles. The van der Waals surface area contributed by atoms with E-state index in [1.807, 2.05) is 0 Å². The van der Waals surface area contributed by atoms with Crippen molar-refractivity contribution in [2.24, 2.45) is 5.92 Å². The Balaban J connectivity index is 1.75. The van der Waals surface area contributed by atoms with Crippen molar-refractivity contribution >= 4 is 40.8 Å². The molecule has 7 heteroatoms. The van der Waals surface area contributed by atoms with Crippen LogP contribution in [0.1, 0.15) is 12.8 Å². The number of carbonyl (C=O) groups excluding carboxylic acids is 2. The van der Waals surface area contributed by atoms with E-state index in [1.54, 1.807) is 12.1 Å². The molecule has 1 fully saturated rings. The van der Waals surface area contributed by atoms with Crippen LogP contribution in [0, 0.1) is 5.92 Å². The molecule has 122 valence electrons. The molecule has 3 rings (SSSR count). The Hall–Kier alpha value is -1.56. The van der Waals surface area contributed by atoms with Crippen molar-refractivity contribution < 1.29 is 19.1 Å². The van der Waals surface area contributed by atoms with Crippen LogP contribution in [0.3, 0.4) is 0 Å². The number of anilines is 1. The smallest absolute Gasteiger partial charge is 0.352 e. The van der Waals surface area contributed by atoms with E-state index < -0.39 is 17.5 Å². The van der Waals surface area contributed by atoms with Crippen LogP contribution in [0.25, 0.3) is 0 Å². The third kappa shape index (κ3) is 3.68. The minimum absolute atomic E-state index is 0.169. The zero-order valence-corrected chi connectivity index (χ0v) is 13.7. The molecule has 1 amide bonds. The normalized spacial score (nSPS) is 22.9. The van der Waals surface area contributed by atoms with Crippen LogP contribution >= 0.6 is 23.2 Å². The molecule has 1 atom stereocenters. The van der Waals surface area contributed by atoms with Crippen LogP contribution < -0.4 is 5.32 Å². The summed E-state index contributed by atoms with van der Waals surface area (Å²) in [5.41, 5.74) is -1.38. The second kappa shape index (κ2) is 6.51. The van der Waals surface area contributed by atoms with Crippen LogP contribution in [-0.4, -0.2) is 30.7 Å². The van der Waals surface area contributed by atoms with Gasteiger partial charge in [0.2, 0.25) is 0 Å². The monoisotopic (exact) mass is 355 g/mol. The summed E-state index contributed by atoms with van der Waals surface area (Å²) >= 11 is 11.8. The second-order valence-corrected chi connectivity index (χ2v) is 6.48. The Kier molecular flexibility index (Phi) is 4.62. The fourth-order valence-electron chi connectivity index (χ4n) is 2.24. The van der Waals surface area contributed by atoms with E-state index in [9.17, 15) is 9.59 Å². The van der Waals surface area contributed by atoms with Gasteiger partial charge in [0.25, 0.3) is 11.5 Å². The predicted octanol–water partition coefficient (Wildman–Crippen LogP) is 3.21. The van der Waals surface area contributed by atoms with Gasteiger partial charge in [0, 0.05) is 15.7 Å². The number of ether oxygens (including phenoxy) is 2. The van der Waals surface area contributed by atoms with Crippen molar-refractivity contribution in [3.63, 3.8) is 0 Å². The van der Waals surface area contributed by atoms with Crippen LogP contribution in [0.2, 0.25) is 10.0 Å². The predicted molar refractivity (Wildman–Crippen MR) is 86.6 cm³/mol. The Morgan fingerprint density at radius 2 is 1.96 bits per heavy atom. The van der Waals surface area contributed by atoms with Crippen LogP contribution in [0.5, 0.6) is 0 Å². The summed E-state index contributed by atoms with van der Waals surface area (Å²) in [6.45, 7) is 0.482. The maximum atomic E-state index is 12.6. The number of nitrogens with one attached hydrogen (secondary N) is 1. The maximum Gasteiger partial charge on any atom is 0.352 e. The fourth-order valence-corrected chi connectivity index (χ4v) is 2.76. The van der Waals surface area contributed by atoms with Gasteiger partial charge in [0.05, 0.1) is 13.2 Å². The van der Waals surface area contributed by atoms with E-state index >= 15 is 0 Å². The van der Waals surface area contributed by atoms with E-state index in [-0.39, 0.29) is 6.61 Å². The lowest BCUT2D eigenvalue weighted by molar-refractivity contribution is -0.167. The second-order valence-electron chi connectivity index (χ2n) is 5.60. The molecular formula is C16H15Cl2NO4. The average Bonchev–Trinajstić information content (AvgIpc) is 3.17. The van der Waals surface area contributed by atoms with Gasteiger partial charge in [-0.25, -0.2) is 4.79 Å². The summed E-state index contributed by atoms with van der Waals surface area (Å²) < 4.78 is 10.6. The lowest BCUT2D eigenvalue weighted by Crippen LogP contribution is -2.50. The highest BCUT2D eigenvalue weighted by Crippen LogP contribution is 2.31. The van der Waals surface area contributed by atoms with Crippen molar-refractivity contribution in [2.75, 3.05) is 18.5 Å². The molecule has 1 aliphatic heterocycles. The fraction of sp³-hybridized carbons (Fsp3) is 0.375. The minimum Gasteiger partial charge on any atom is -0.463 e. The van der Waals surface area contributed by atoms with E-state index in [0.29, 0.717) is 28.3 Å². The number of rotatable bonds is 5. The number of benzene rings is 1. The highest BCUT2D eigenvalue weighted by atomic mass is 35.5. The number of hydrogen-bond acceptors (Lipinski definition) is 4. The molecule has 1 aromatic carbocycles. The molecule has 2 aliphatic rings. The van der Waals surface area contributed by atoms with E-state index in [0.717, 1.165) is 12.8 Å². The van der Waals surface area contributed by atoms with Crippen molar-refractivity contribution in [3.05, 3.63) is 40.4 Å². The molecule has 0 radical (unpaired) electrons. The summed E-state index contributed by atoms with van der Waals surface area (Å²) in [6, 6.07) is 4.62. The van der Waals surface area contributed by atoms with Gasteiger partial charge in [-0.05, 0) is 43.0 Å². The molecule has 1 unspecified atom stereocenters. The van der Waals surface area contributed by atoms with Gasteiger partial charge in [0.1, 0.15) is 0 Å². The highest BCUT2D eigenvalue weighted by molar-refractivity contribution is 6.35. The van der Waals surface area contributed by atoms with Crippen molar-refractivity contribution in [1.29, 1.82) is 0 Å². The minimum atomic E-state index is -1.76. The number of halogens is 2. The lowest BCUT2D eigenvalue weighted by Gasteiger charge is -2.24. The lowest BCUT2D eigenvalue weighted by atomic mass is 10.0. The van der Waals surface area contributed by atoms with Crippen molar-refractivity contribution in [3.8, 4) is 0 Å². The average molecular weight is 356 g/mol. The largest absolute Gasteiger partial charge is 0.463 e. The van der Waals surface area contributed by atoms with Gasteiger partial charge in [-0.15, -0.1) is 0 Å². The maximum absolute atomic E-state index is 12.6. The van der Waals surface area contributed by atoms with Gasteiger partial charge in [-0.3, -0.25) is 4.79 Å². The van der Waals surface area contributed by atoms with Gasteiger partial charge in [-0.2, -0.15) is 0 Å². The molecular weight excluding hydrogens is 341 g/mol. The third-order valence-corrected chi connectivity index (χ3v) is 4.10. The van der Waals surface area contributed by atoms with Crippen LogP contribution in [-0.2, 0) is 19.1 Å². The molecule has 0 saturated heterocycles. The first-order valence-electron chi connectivity index (χ1n) is 7.26. The summed E-state index contributed by atoms with van der Waals surface area (Å²) in [5.74, 6) is -0.940. The highest BCUT2D eigenvalue weighted by Gasteiger charge is 2.49. The molecule has 1 N–H and O–H groups in total. The Morgan fingerprint density at radius 3 is 2.52 bits per heavy atom. The molecule has 0 aromatic heterocycles. The van der Waals surface area contributed by atoms with Crippen LogP contribution in [0.4, 0.5) is 5.69 Å². The van der Waals surface area contributed by atoms with Gasteiger partial charge >= 0.3 is 5.97 Å². The topological polar surface area (TPSA) is 64.6 Å². The van der Waals surface area contributed by atoms with E-state index in [1.165, 1.54) is 18.2 Å². The molecule has 1 heterocycles. The van der Waals surface area contributed by atoms with Crippen molar-refractivity contribution in [1.82, 2.24) is 0 Å². The zero-order valence-electron chi connectivity index (χ0n) is 12.2. The molecule has 5 nitrogen and oxygen atoms in total.